The number of alkyl halides is 3. The summed E-state index contributed by atoms with van der Waals surface area (Å²) in [5.74, 6) is -0.0848. The molecule has 0 aliphatic carbocycles. The summed E-state index contributed by atoms with van der Waals surface area (Å²) in [5.41, 5.74) is 4.81. The molecule has 46 heavy (non-hydrogen) atoms. The van der Waals surface area contributed by atoms with Crippen molar-refractivity contribution in [2.24, 2.45) is 4.99 Å². The maximum absolute atomic E-state index is 14.0. The molecule has 0 radical (unpaired) electrons. The van der Waals surface area contributed by atoms with Gasteiger partial charge >= 0.3 is 12.4 Å². The zero-order valence-corrected chi connectivity index (χ0v) is 26.4. The fraction of sp³-hybridized carbons (Fsp3) is 0.273. The van der Waals surface area contributed by atoms with Crippen LogP contribution in [0.5, 0.6) is 5.75 Å². The van der Waals surface area contributed by atoms with Crippen LogP contribution in [0.1, 0.15) is 55.8 Å². The quantitative estimate of drug-likeness (QED) is 0.163. The molecule has 0 saturated heterocycles. The van der Waals surface area contributed by atoms with Crippen molar-refractivity contribution in [2.75, 3.05) is 6.54 Å². The predicted molar refractivity (Wildman–Crippen MR) is 168 cm³/mol. The summed E-state index contributed by atoms with van der Waals surface area (Å²) in [4.78, 5) is 22.1. The van der Waals surface area contributed by atoms with Gasteiger partial charge in [0, 0.05) is 29.1 Å². The lowest BCUT2D eigenvalue weighted by Crippen LogP contribution is -2.28. The number of thiazole rings is 1. The van der Waals surface area contributed by atoms with Gasteiger partial charge in [-0.2, -0.15) is 4.99 Å². The number of amides is 2. The smallest absolute Gasteiger partial charge is 0.406 e. The Bertz CT molecular complexity index is 1880. The number of urea groups is 1. The number of aromatic nitrogens is 4. The van der Waals surface area contributed by atoms with E-state index in [4.69, 9.17) is 0 Å². The van der Waals surface area contributed by atoms with E-state index in [1.165, 1.54) is 58.7 Å². The van der Waals surface area contributed by atoms with Crippen molar-refractivity contribution >= 4 is 17.4 Å². The third kappa shape index (κ3) is 7.71. The molecule has 1 atom stereocenters. The maximum atomic E-state index is 14.0. The second kappa shape index (κ2) is 13.7. The van der Waals surface area contributed by atoms with Crippen molar-refractivity contribution in [1.82, 2.24) is 24.6 Å². The molecule has 3 aromatic carbocycles. The summed E-state index contributed by atoms with van der Waals surface area (Å²) in [5, 5.41) is 9.29. The lowest BCUT2D eigenvalue weighted by atomic mass is 9.95. The van der Waals surface area contributed by atoms with Gasteiger partial charge in [0.15, 0.2) is 10.6 Å². The Hall–Kier alpha value is -4.78. The fourth-order valence-electron chi connectivity index (χ4n) is 5.01. The predicted octanol–water partition coefficient (Wildman–Crippen LogP) is 8.06. The molecule has 1 N–H and O–H groups in total. The van der Waals surface area contributed by atoms with Crippen molar-refractivity contribution in [1.29, 1.82) is 0 Å². The molecule has 0 aliphatic heterocycles. The van der Waals surface area contributed by atoms with E-state index < -0.39 is 12.4 Å². The molecular formula is C33H32F4N6O2S. The summed E-state index contributed by atoms with van der Waals surface area (Å²) in [6, 6.07) is 17.2. The Balaban J connectivity index is 1.26. The number of benzene rings is 3. The van der Waals surface area contributed by atoms with E-state index in [0.717, 1.165) is 34.5 Å². The molecule has 0 bridgehead atoms. The van der Waals surface area contributed by atoms with Crippen LogP contribution in [0.3, 0.4) is 0 Å². The summed E-state index contributed by atoms with van der Waals surface area (Å²) in [6.07, 6.45) is -2.51. The van der Waals surface area contributed by atoms with E-state index in [1.54, 1.807) is 6.07 Å². The molecule has 240 valence electrons. The Morgan fingerprint density at radius 1 is 1.07 bits per heavy atom. The van der Waals surface area contributed by atoms with Gasteiger partial charge in [-0.3, -0.25) is 4.57 Å². The molecule has 5 rings (SSSR count). The first-order chi connectivity index (χ1) is 21.9. The molecule has 8 nitrogen and oxygen atoms in total. The number of nitrogens with zero attached hydrogens (tertiary/aromatic N) is 5. The highest BCUT2D eigenvalue weighted by Crippen LogP contribution is 2.27. The largest absolute Gasteiger partial charge is 0.573 e. The van der Waals surface area contributed by atoms with E-state index in [0.29, 0.717) is 22.9 Å². The standard InChI is InChI=1S/C33H32F4N6O2S/c1-5-22(17-38-31(44)40-32-43(21(4)18-46-32)29-15-10-25(34)16-28(29)20(2)3)23-6-8-24(9-7-23)30-39-19-42(41-30)26-11-13-27(14-12-26)45-33(35,36)37/h6-16,18-20,22H,5,17H2,1-4H3,(H,38,44). The second-order valence-electron chi connectivity index (χ2n) is 10.9. The minimum absolute atomic E-state index is 0.0259. The van der Waals surface area contributed by atoms with E-state index in [2.05, 4.69) is 25.1 Å². The van der Waals surface area contributed by atoms with E-state index in [-0.39, 0.29) is 23.4 Å². The first-order valence-corrected chi connectivity index (χ1v) is 15.5. The third-order valence-corrected chi connectivity index (χ3v) is 8.33. The van der Waals surface area contributed by atoms with E-state index in [9.17, 15) is 22.4 Å². The van der Waals surface area contributed by atoms with Gasteiger partial charge in [0.05, 0.1) is 11.4 Å². The van der Waals surface area contributed by atoms with E-state index >= 15 is 0 Å². The van der Waals surface area contributed by atoms with Gasteiger partial charge in [-0.25, -0.2) is 18.9 Å². The Morgan fingerprint density at radius 3 is 2.43 bits per heavy atom. The minimum Gasteiger partial charge on any atom is -0.406 e. The number of aryl methyl sites for hydroxylation is 1. The van der Waals surface area contributed by atoms with Gasteiger partial charge in [0.2, 0.25) is 0 Å². The van der Waals surface area contributed by atoms with Gasteiger partial charge in [0.1, 0.15) is 17.9 Å². The van der Waals surface area contributed by atoms with Crippen molar-refractivity contribution in [3.05, 3.63) is 106 Å². The summed E-state index contributed by atoms with van der Waals surface area (Å²) in [6.45, 7) is 8.32. The van der Waals surface area contributed by atoms with Crippen LogP contribution < -0.4 is 14.9 Å². The highest BCUT2D eigenvalue weighted by atomic mass is 32.1. The number of ether oxygens (including phenoxy) is 1. The number of carbonyl (C=O) groups is 1. The van der Waals surface area contributed by atoms with Crippen LogP contribution in [0.4, 0.5) is 22.4 Å². The van der Waals surface area contributed by atoms with E-state index in [1.807, 2.05) is 61.9 Å². The van der Waals surface area contributed by atoms with Gasteiger partial charge < -0.3 is 10.1 Å². The van der Waals surface area contributed by atoms with Crippen molar-refractivity contribution in [3.63, 3.8) is 0 Å². The normalized spacial score (nSPS) is 12.8. The molecule has 0 aliphatic rings. The Morgan fingerprint density at radius 2 is 1.78 bits per heavy atom. The topological polar surface area (TPSA) is 86.3 Å². The Kier molecular flexibility index (Phi) is 9.71. The molecule has 1 unspecified atom stereocenters. The van der Waals surface area contributed by atoms with Crippen molar-refractivity contribution in [3.8, 4) is 28.5 Å². The van der Waals surface area contributed by atoms with Crippen LogP contribution in [0.25, 0.3) is 22.8 Å². The maximum Gasteiger partial charge on any atom is 0.573 e. The molecule has 0 spiro atoms. The van der Waals surface area contributed by atoms with Crippen LogP contribution in [0, 0.1) is 12.7 Å². The van der Waals surface area contributed by atoms with Gasteiger partial charge in [-0.15, -0.1) is 29.6 Å². The second-order valence-corrected chi connectivity index (χ2v) is 11.8. The molecule has 2 aromatic heterocycles. The molecule has 2 amide bonds. The number of carbonyl (C=O) groups excluding carboxylic acids is 1. The summed E-state index contributed by atoms with van der Waals surface area (Å²) in [7, 11) is 0. The zero-order chi connectivity index (χ0) is 33.0. The lowest BCUT2D eigenvalue weighted by molar-refractivity contribution is -0.274. The number of hydrogen-bond donors (Lipinski definition) is 1. The minimum atomic E-state index is -4.76. The number of rotatable bonds is 9. The SMILES string of the molecule is CCC(CNC(=O)N=c1scc(C)n1-c1ccc(F)cc1C(C)C)c1ccc(-c2ncn(-c3ccc(OC(F)(F)F)cc3)n2)cc1. The summed E-state index contributed by atoms with van der Waals surface area (Å²) >= 11 is 1.34. The average Bonchev–Trinajstić information content (AvgIpc) is 3.64. The number of hydrogen-bond acceptors (Lipinski definition) is 5. The monoisotopic (exact) mass is 652 g/mol. The Labute approximate surface area is 267 Å². The highest BCUT2D eigenvalue weighted by Gasteiger charge is 2.31. The molecule has 13 heteroatoms. The number of halogens is 4. The molecule has 0 saturated carbocycles. The first kappa shape index (κ1) is 32.6. The molecular weight excluding hydrogens is 620 g/mol. The average molecular weight is 653 g/mol. The fourth-order valence-corrected chi connectivity index (χ4v) is 5.88. The van der Waals surface area contributed by atoms with Gasteiger partial charge in [-0.05, 0) is 72.9 Å². The molecule has 0 fully saturated rings. The van der Waals surface area contributed by atoms with Crippen LogP contribution in [0.15, 0.2) is 83.4 Å². The van der Waals surface area contributed by atoms with Crippen molar-refractivity contribution in [2.45, 2.75) is 52.3 Å². The summed E-state index contributed by atoms with van der Waals surface area (Å²) < 4.78 is 58.6. The molecule has 2 heterocycles. The zero-order valence-electron chi connectivity index (χ0n) is 25.5. The third-order valence-electron chi connectivity index (χ3n) is 7.39. The van der Waals surface area contributed by atoms with Crippen LogP contribution >= 0.6 is 11.3 Å². The lowest BCUT2D eigenvalue weighted by Gasteiger charge is -2.16. The van der Waals surface area contributed by atoms with Crippen LogP contribution in [0.2, 0.25) is 0 Å². The van der Waals surface area contributed by atoms with Gasteiger partial charge in [0.25, 0.3) is 0 Å². The van der Waals surface area contributed by atoms with Crippen molar-refractivity contribution < 1.29 is 27.1 Å². The first-order valence-electron chi connectivity index (χ1n) is 14.6. The van der Waals surface area contributed by atoms with Crippen LogP contribution in [-0.4, -0.2) is 38.3 Å². The highest BCUT2D eigenvalue weighted by molar-refractivity contribution is 7.07. The van der Waals surface area contributed by atoms with Gasteiger partial charge in [-0.1, -0.05) is 45.0 Å². The van der Waals surface area contributed by atoms with Crippen LogP contribution in [-0.2, 0) is 0 Å². The molecule has 5 aromatic rings. The number of nitrogens with one attached hydrogen (secondary N) is 1.